The average Bonchev–Trinajstić information content (AvgIpc) is 2.48. The number of rotatable bonds is 6. The standard InChI is InChI=1S/C15H15ClFNO3/c16-14-6-5-13(7-15(14)17)21-9-11(19)8-20-12-3-1-10(18)2-4-12/h1-7,11,19H,8-9,18H2. The maximum atomic E-state index is 13.2. The zero-order valence-corrected chi connectivity index (χ0v) is 11.9. The maximum Gasteiger partial charge on any atom is 0.145 e. The average molecular weight is 312 g/mol. The van der Waals surface area contributed by atoms with E-state index in [0.29, 0.717) is 17.2 Å². The maximum absolute atomic E-state index is 13.2. The second kappa shape index (κ2) is 7.15. The number of aliphatic hydroxyl groups is 1. The summed E-state index contributed by atoms with van der Waals surface area (Å²) in [5, 5.41) is 9.78. The Morgan fingerprint density at radius 3 is 2.24 bits per heavy atom. The summed E-state index contributed by atoms with van der Waals surface area (Å²) in [4.78, 5) is 0. The third-order valence-corrected chi connectivity index (χ3v) is 2.96. The lowest BCUT2D eigenvalue weighted by molar-refractivity contribution is 0.0625. The van der Waals surface area contributed by atoms with Crippen molar-refractivity contribution in [3.8, 4) is 11.5 Å². The molecule has 0 saturated heterocycles. The van der Waals surface area contributed by atoms with E-state index in [9.17, 15) is 9.50 Å². The number of ether oxygens (including phenoxy) is 2. The summed E-state index contributed by atoms with van der Waals surface area (Å²) in [5.41, 5.74) is 6.19. The van der Waals surface area contributed by atoms with Gasteiger partial charge in [-0.1, -0.05) is 11.6 Å². The molecule has 1 atom stereocenters. The van der Waals surface area contributed by atoms with E-state index in [-0.39, 0.29) is 18.2 Å². The Bertz CT molecular complexity index is 592. The molecule has 112 valence electrons. The number of aliphatic hydroxyl groups excluding tert-OH is 1. The van der Waals surface area contributed by atoms with Gasteiger partial charge in [0.25, 0.3) is 0 Å². The third-order valence-electron chi connectivity index (χ3n) is 2.66. The highest BCUT2D eigenvalue weighted by Gasteiger charge is 2.08. The largest absolute Gasteiger partial charge is 0.491 e. The molecule has 0 spiro atoms. The lowest BCUT2D eigenvalue weighted by atomic mass is 10.3. The van der Waals surface area contributed by atoms with E-state index in [1.807, 2.05) is 0 Å². The Hall–Kier alpha value is -1.98. The van der Waals surface area contributed by atoms with Gasteiger partial charge in [0.05, 0.1) is 5.02 Å². The van der Waals surface area contributed by atoms with Gasteiger partial charge in [-0.05, 0) is 36.4 Å². The molecule has 0 bridgehead atoms. The summed E-state index contributed by atoms with van der Waals surface area (Å²) in [6.07, 6.45) is -0.846. The third kappa shape index (κ3) is 4.81. The van der Waals surface area contributed by atoms with Crippen molar-refractivity contribution in [1.82, 2.24) is 0 Å². The first kappa shape index (κ1) is 15.4. The summed E-state index contributed by atoms with van der Waals surface area (Å²) < 4.78 is 23.8. The first-order valence-electron chi connectivity index (χ1n) is 6.29. The predicted octanol–water partition coefficient (Wildman–Crippen LogP) is 2.88. The van der Waals surface area contributed by atoms with Crippen LogP contribution in [0.25, 0.3) is 0 Å². The van der Waals surface area contributed by atoms with Gasteiger partial charge in [-0.3, -0.25) is 0 Å². The van der Waals surface area contributed by atoms with Crippen molar-refractivity contribution < 1.29 is 19.0 Å². The van der Waals surface area contributed by atoms with Gasteiger partial charge in [-0.15, -0.1) is 0 Å². The first-order valence-corrected chi connectivity index (χ1v) is 6.66. The predicted molar refractivity (Wildman–Crippen MR) is 79.3 cm³/mol. The van der Waals surface area contributed by atoms with Crippen LogP contribution in [0.1, 0.15) is 0 Å². The highest BCUT2D eigenvalue weighted by molar-refractivity contribution is 6.30. The molecule has 2 aromatic carbocycles. The van der Waals surface area contributed by atoms with Crippen LogP contribution in [0, 0.1) is 5.82 Å². The lowest BCUT2D eigenvalue weighted by Gasteiger charge is -2.14. The lowest BCUT2D eigenvalue weighted by Crippen LogP contribution is -2.25. The monoisotopic (exact) mass is 311 g/mol. The Morgan fingerprint density at radius 1 is 1.05 bits per heavy atom. The summed E-state index contributed by atoms with van der Waals surface area (Å²) in [5.74, 6) is 0.325. The van der Waals surface area contributed by atoms with Crippen molar-refractivity contribution >= 4 is 17.3 Å². The van der Waals surface area contributed by atoms with Crippen LogP contribution in [0.2, 0.25) is 5.02 Å². The Balaban J connectivity index is 1.77. The van der Waals surface area contributed by atoms with E-state index in [0.717, 1.165) is 6.07 Å². The highest BCUT2D eigenvalue weighted by Crippen LogP contribution is 2.20. The molecule has 4 nitrogen and oxygen atoms in total. The van der Waals surface area contributed by atoms with Crippen molar-refractivity contribution in [1.29, 1.82) is 0 Å². The minimum Gasteiger partial charge on any atom is -0.491 e. The summed E-state index contributed by atoms with van der Waals surface area (Å²) in [6, 6.07) is 10.9. The molecule has 0 heterocycles. The molecule has 0 saturated carbocycles. The molecular weight excluding hydrogens is 297 g/mol. The molecule has 1 unspecified atom stereocenters. The molecule has 0 amide bonds. The summed E-state index contributed by atoms with van der Waals surface area (Å²) >= 11 is 5.56. The van der Waals surface area contributed by atoms with Gasteiger partial charge < -0.3 is 20.3 Å². The topological polar surface area (TPSA) is 64.7 Å². The number of anilines is 1. The molecule has 0 aliphatic heterocycles. The minimum atomic E-state index is -0.846. The Morgan fingerprint density at radius 2 is 1.62 bits per heavy atom. The van der Waals surface area contributed by atoms with Gasteiger partial charge >= 0.3 is 0 Å². The molecule has 2 rings (SSSR count). The SMILES string of the molecule is Nc1ccc(OCC(O)COc2ccc(Cl)c(F)c2)cc1. The Kier molecular flexibility index (Phi) is 5.25. The van der Waals surface area contributed by atoms with Crippen LogP contribution in [0.15, 0.2) is 42.5 Å². The van der Waals surface area contributed by atoms with Gasteiger partial charge in [0.15, 0.2) is 0 Å². The molecule has 0 aliphatic carbocycles. The van der Waals surface area contributed by atoms with E-state index < -0.39 is 11.9 Å². The number of halogens is 2. The molecule has 6 heteroatoms. The number of hydrogen-bond donors (Lipinski definition) is 2. The summed E-state index contributed by atoms with van der Waals surface area (Å²) in [7, 11) is 0. The molecule has 0 aromatic heterocycles. The van der Waals surface area contributed by atoms with Crippen LogP contribution in [0.3, 0.4) is 0 Å². The zero-order chi connectivity index (χ0) is 15.2. The van der Waals surface area contributed by atoms with Crippen LogP contribution in [0.4, 0.5) is 10.1 Å². The molecule has 0 aliphatic rings. The van der Waals surface area contributed by atoms with Gasteiger partial charge in [0.2, 0.25) is 0 Å². The van der Waals surface area contributed by atoms with Crippen molar-refractivity contribution in [3.05, 3.63) is 53.3 Å². The molecular formula is C15H15ClFNO3. The fraction of sp³-hybridized carbons (Fsp3) is 0.200. The highest BCUT2D eigenvalue weighted by atomic mass is 35.5. The molecule has 3 N–H and O–H groups in total. The molecule has 2 aromatic rings. The minimum absolute atomic E-state index is 0.0178. The number of nitrogens with two attached hydrogens (primary N) is 1. The van der Waals surface area contributed by atoms with Crippen molar-refractivity contribution in [2.75, 3.05) is 18.9 Å². The quantitative estimate of drug-likeness (QED) is 0.805. The number of nitrogen functional groups attached to an aromatic ring is 1. The fourth-order valence-electron chi connectivity index (χ4n) is 1.56. The van der Waals surface area contributed by atoms with Crippen LogP contribution < -0.4 is 15.2 Å². The second-order valence-electron chi connectivity index (χ2n) is 4.42. The second-order valence-corrected chi connectivity index (χ2v) is 4.83. The van der Waals surface area contributed by atoms with Crippen LogP contribution >= 0.6 is 11.6 Å². The van der Waals surface area contributed by atoms with Gasteiger partial charge in [0.1, 0.15) is 36.6 Å². The molecule has 0 radical (unpaired) electrons. The van der Waals surface area contributed by atoms with Gasteiger partial charge in [-0.25, -0.2) is 4.39 Å². The number of benzene rings is 2. The van der Waals surface area contributed by atoms with E-state index in [4.69, 9.17) is 26.8 Å². The fourth-order valence-corrected chi connectivity index (χ4v) is 1.68. The Labute approximate surface area is 126 Å². The molecule has 21 heavy (non-hydrogen) atoms. The van der Waals surface area contributed by atoms with E-state index in [1.165, 1.54) is 12.1 Å². The van der Waals surface area contributed by atoms with E-state index >= 15 is 0 Å². The summed E-state index contributed by atoms with van der Waals surface area (Å²) in [6.45, 7) is 0.0377. The first-order chi connectivity index (χ1) is 10.0. The number of hydrogen-bond acceptors (Lipinski definition) is 4. The molecule has 0 fully saturated rings. The van der Waals surface area contributed by atoms with E-state index in [2.05, 4.69) is 0 Å². The van der Waals surface area contributed by atoms with Crippen LogP contribution in [-0.2, 0) is 0 Å². The van der Waals surface area contributed by atoms with Crippen LogP contribution in [-0.4, -0.2) is 24.4 Å². The van der Waals surface area contributed by atoms with Gasteiger partial charge in [0, 0.05) is 11.8 Å². The van der Waals surface area contributed by atoms with Crippen molar-refractivity contribution in [3.63, 3.8) is 0 Å². The van der Waals surface area contributed by atoms with Crippen molar-refractivity contribution in [2.45, 2.75) is 6.10 Å². The van der Waals surface area contributed by atoms with Crippen LogP contribution in [0.5, 0.6) is 11.5 Å². The normalized spacial score (nSPS) is 12.0. The smallest absolute Gasteiger partial charge is 0.145 e. The van der Waals surface area contributed by atoms with Crippen molar-refractivity contribution in [2.24, 2.45) is 0 Å². The zero-order valence-electron chi connectivity index (χ0n) is 11.1. The van der Waals surface area contributed by atoms with E-state index in [1.54, 1.807) is 24.3 Å². The van der Waals surface area contributed by atoms with Gasteiger partial charge in [-0.2, -0.15) is 0 Å².